The topological polar surface area (TPSA) is 26.3 Å². The van der Waals surface area contributed by atoms with Gasteiger partial charge in [0, 0.05) is 6.42 Å². The van der Waals surface area contributed by atoms with Gasteiger partial charge in [-0.3, -0.25) is 4.79 Å². The van der Waals surface area contributed by atoms with Crippen LogP contribution in [0.5, 0.6) is 11.5 Å². The quantitative estimate of drug-likeness (QED) is 0.753. The van der Waals surface area contributed by atoms with Crippen LogP contribution in [0.4, 0.5) is 4.39 Å². The van der Waals surface area contributed by atoms with Gasteiger partial charge in [0.25, 0.3) is 0 Å². The van der Waals surface area contributed by atoms with Gasteiger partial charge in [-0.15, -0.1) is 0 Å². The number of para-hydroxylation sites is 2. The summed E-state index contributed by atoms with van der Waals surface area (Å²) in [6, 6.07) is 13.0. The summed E-state index contributed by atoms with van der Waals surface area (Å²) in [7, 11) is 0. The lowest BCUT2D eigenvalue weighted by Gasteiger charge is -2.10. The molecule has 2 aromatic rings. The molecule has 0 fully saturated rings. The highest BCUT2D eigenvalue weighted by atomic mass is 19.1. The number of ether oxygens (including phenoxy) is 1. The summed E-state index contributed by atoms with van der Waals surface area (Å²) < 4.78 is 18.9. The summed E-state index contributed by atoms with van der Waals surface area (Å²) in [5, 5.41) is 0. The maximum absolute atomic E-state index is 13.5. The Labute approximate surface area is 105 Å². The third-order valence-electron chi connectivity index (χ3n) is 2.57. The molecule has 2 rings (SSSR count). The number of rotatable bonds is 4. The second-order valence-electron chi connectivity index (χ2n) is 3.81. The van der Waals surface area contributed by atoms with Crippen molar-refractivity contribution in [1.29, 1.82) is 0 Å². The molecule has 0 aromatic heterocycles. The molecule has 3 heteroatoms. The molecule has 0 aliphatic carbocycles. The minimum atomic E-state index is -0.448. The summed E-state index contributed by atoms with van der Waals surface area (Å²) in [5.41, 5.74) is 0.475. The van der Waals surface area contributed by atoms with Crippen molar-refractivity contribution in [3.05, 3.63) is 59.9 Å². The summed E-state index contributed by atoms with van der Waals surface area (Å²) in [6.07, 6.45) is 0.387. The van der Waals surface area contributed by atoms with Crippen LogP contribution in [0.25, 0.3) is 0 Å². The molecule has 2 nitrogen and oxygen atoms in total. The predicted molar refractivity (Wildman–Crippen MR) is 67.5 cm³/mol. The number of ketones is 1. The van der Waals surface area contributed by atoms with Crippen molar-refractivity contribution in [3.8, 4) is 11.5 Å². The maximum Gasteiger partial charge on any atom is 0.166 e. The van der Waals surface area contributed by atoms with E-state index in [1.165, 1.54) is 12.1 Å². The van der Waals surface area contributed by atoms with Crippen LogP contribution in [0.3, 0.4) is 0 Å². The van der Waals surface area contributed by atoms with E-state index < -0.39 is 5.82 Å². The van der Waals surface area contributed by atoms with Crippen LogP contribution in [0.2, 0.25) is 0 Å². The SMILES string of the molecule is CCC(=O)c1ccccc1Oc1ccccc1F. The van der Waals surface area contributed by atoms with Crippen molar-refractivity contribution in [1.82, 2.24) is 0 Å². The molecule has 0 bridgehead atoms. The summed E-state index contributed by atoms with van der Waals surface area (Å²) in [5.74, 6) is 0.0292. The van der Waals surface area contributed by atoms with E-state index in [-0.39, 0.29) is 11.5 Å². The van der Waals surface area contributed by atoms with E-state index in [9.17, 15) is 9.18 Å². The number of Topliss-reactive ketones (excluding diaryl/α,β-unsaturated/α-hetero) is 1. The Balaban J connectivity index is 2.35. The molecule has 0 aliphatic heterocycles. The van der Waals surface area contributed by atoms with Crippen molar-refractivity contribution in [3.63, 3.8) is 0 Å². The summed E-state index contributed by atoms with van der Waals surface area (Å²) in [4.78, 5) is 11.7. The maximum atomic E-state index is 13.5. The van der Waals surface area contributed by atoms with Gasteiger partial charge in [0.15, 0.2) is 17.3 Å². The molecule has 0 aliphatic rings. The molecule has 0 saturated heterocycles. The predicted octanol–water partition coefficient (Wildman–Crippen LogP) is 4.21. The molecule has 18 heavy (non-hydrogen) atoms. The molecule has 0 spiro atoms. The summed E-state index contributed by atoms with van der Waals surface area (Å²) >= 11 is 0. The van der Waals surface area contributed by atoms with Crippen molar-refractivity contribution in [2.75, 3.05) is 0 Å². The standard InChI is InChI=1S/C15H13FO2/c1-2-13(17)11-7-3-5-9-14(11)18-15-10-6-4-8-12(15)16/h3-10H,2H2,1H3. The first-order valence-electron chi connectivity index (χ1n) is 5.77. The third kappa shape index (κ3) is 2.56. The van der Waals surface area contributed by atoms with E-state index in [1.54, 1.807) is 43.3 Å². The Hall–Kier alpha value is -2.16. The zero-order valence-corrected chi connectivity index (χ0v) is 10.0. The molecule has 0 unspecified atom stereocenters. The highest BCUT2D eigenvalue weighted by Gasteiger charge is 2.12. The smallest absolute Gasteiger partial charge is 0.166 e. The molecule has 0 radical (unpaired) electrons. The minimum absolute atomic E-state index is 0.0260. The second kappa shape index (κ2) is 5.45. The molecule has 2 aromatic carbocycles. The van der Waals surface area contributed by atoms with E-state index >= 15 is 0 Å². The van der Waals surface area contributed by atoms with Crippen molar-refractivity contribution < 1.29 is 13.9 Å². The number of carbonyl (C=O) groups is 1. The van der Waals surface area contributed by atoms with Crippen LogP contribution in [-0.2, 0) is 0 Å². The summed E-state index contributed by atoms with van der Waals surface area (Å²) in [6.45, 7) is 1.78. The normalized spacial score (nSPS) is 10.1. The lowest BCUT2D eigenvalue weighted by atomic mass is 10.1. The van der Waals surface area contributed by atoms with E-state index in [1.807, 2.05) is 0 Å². The number of hydrogen-bond acceptors (Lipinski definition) is 2. The fourth-order valence-electron chi connectivity index (χ4n) is 1.62. The Morgan fingerprint density at radius 2 is 1.67 bits per heavy atom. The number of carbonyl (C=O) groups excluding carboxylic acids is 1. The Bertz CT molecular complexity index is 564. The highest BCUT2D eigenvalue weighted by Crippen LogP contribution is 2.27. The number of benzene rings is 2. The second-order valence-corrected chi connectivity index (χ2v) is 3.81. The fourth-order valence-corrected chi connectivity index (χ4v) is 1.62. The molecule has 0 atom stereocenters. The van der Waals surface area contributed by atoms with Crippen LogP contribution < -0.4 is 4.74 Å². The van der Waals surface area contributed by atoms with E-state index in [4.69, 9.17) is 4.74 Å². The van der Waals surface area contributed by atoms with Gasteiger partial charge in [0.2, 0.25) is 0 Å². The number of halogens is 1. The average Bonchev–Trinajstić information content (AvgIpc) is 2.41. The van der Waals surface area contributed by atoms with E-state index in [0.717, 1.165) is 0 Å². The molecule has 0 saturated carbocycles. The van der Waals surface area contributed by atoms with E-state index in [2.05, 4.69) is 0 Å². The Morgan fingerprint density at radius 1 is 1.06 bits per heavy atom. The molecule has 92 valence electrons. The highest BCUT2D eigenvalue weighted by molar-refractivity contribution is 5.98. The van der Waals surface area contributed by atoms with Crippen LogP contribution in [0.1, 0.15) is 23.7 Å². The van der Waals surface area contributed by atoms with Crippen molar-refractivity contribution >= 4 is 5.78 Å². The van der Waals surface area contributed by atoms with Crippen LogP contribution >= 0.6 is 0 Å². The largest absolute Gasteiger partial charge is 0.454 e. The Morgan fingerprint density at radius 3 is 2.33 bits per heavy atom. The van der Waals surface area contributed by atoms with Gasteiger partial charge in [-0.2, -0.15) is 0 Å². The van der Waals surface area contributed by atoms with Gasteiger partial charge in [0.05, 0.1) is 5.56 Å². The van der Waals surface area contributed by atoms with Gasteiger partial charge < -0.3 is 4.74 Å². The zero-order chi connectivity index (χ0) is 13.0. The van der Waals surface area contributed by atoms with Crippen LogP contribution in [0, 0.1) is 5.82 Å². The monoisotopic (exact) mass is 244 g/mol. The van der Waals surface area contributed by atoms with Gasteiger partial charge in [0.1, 0.15) is 5.75 Å². The molecular weight excluding hydrogens is 231 g/mol. The number of hydrogen-bond donors (Lipinski definition) is 0. The average molecular weight is 244 g/mol. The van der Waals surface area contributed by atoms with Crippen LogP contribution in [0.15, 0.2) is 48.5 Å². The first-order chi connectivity index (χ1) is 8.72. The van der Waals surface area contributed by atoms with Crippen molar-refractivity contribution in [2.24, 2.45) is 0 Å². The first-order valence-corrected chi connectivity index (χ1v) is 5.77. The lowest BCUT2D eigenvalue weighted by molar-refractivity contribution is 0.0986. The lowest BCUT2D eigenvalue weighted by Crippen LogP contribution is -2.00. The fraction of sp³-hybridized carbons (Fsp3) is 0.133. The first kappa shape index (κ1) is 12.3. The molecular formula is C15H13FO2. The van der Waals surface area contributed by atoms with E-state index in [0.29, 0.717) is 17.7 Å². The zero-order valence-electron chi connectivity index (χ0n) is 10.0. The van der Waals surface area contributed by atoms with Crippen molar-refractivity contribution in [2.45, 2.75) is 13.3 Å². The van der Waals surface area contributed by atoms with Gasteiger partial charge >= 0.3 is 0 Å². The Kier molecular flexibility index (Phi) is 3.72. The van der Waals surface area contributed by atoms with Crippen LogP contribution in [-0.4, -0.2) is 5.78 Å². The molecule has 0 amide bonds. The third-order valence-corrected chi connectivity index (χ3v) is 2.57. The minimum Gasteiger partial charge on any atom is -0.454 e. The van der Waals surface area contributed by atoms with Gasteiger partial charge in [-0.1, -0.05) is 31.2 Å². The van der Waals surface area contributed by atoms with Gasteiger partial charge in [-0.05, 0) is 24.3 Å². The van der Waals surface area contributed by atoms with Gasteiger partial charge in [-0.25, -0.2) is 4.39 Å². The molecule has 0 N–H and O–H groups in total. The molecule has 0 heterocycles.